The lowest BCUT2D eigenvalue weighted by Gasteiger charge is -2.16. The zero-order valence-corrected chi connectivity index (χ0v) is 9.27. The topological polar surface area (TPSA) is 60.8 Å². The molecule has 1 aliphatic heterocycles. The van der Waals surface area contributed by atoms with E-state index in [1.165, 1.54) is 18.2 Å². The number of hydrogen-bond acceptors (Lipinski definition) is 3. The van der Waals surface area contributed by atoms with E-state index in [-0.39, 0.29) is 16.9 Å². The smallest absolute Gasteiger partial charge is 0.423 e. The lowest BCUT2D eigenvalue weighted by atomic mass is 9.79. The predicted molar refractivity (Wildman–Crippen MR) is 61.4 cm³/mol. The number of benzene rings is 1. The lowest BCUT2D eigenvalue weighted by Crippen LogP contribution is -2.36. The third kappa shape index (κ3) is 2.32. The Labute approximate surface area is 98.8 Å². The first-order chi connectivity index (χ1) is 8.11. The van der Waals surface area contributed by atoms with Crippen molar-refractivity contribution >= 4 is 18.5 Å². The molecule has 1 heterocycles. The normalized spacial score (nSPS) is 15.1. The number of amides is 1. The summed E-state index contributed by atoms with van der Waals surface area (Å²) in [6.45, 7) is 1.26. The summed E-state index contributed by atoms with van der Waals surface area (Å²) in [5.41, 5.74) is -0.368. The van der Waals surface area contributed by atoms with Crippen LogP contribution in [0.3, 0.4) is 0 Å². The third-order valence-electron chi connectivity index (χ3n) is 2.93. The van der Waals surface area contributed by atoms with E-state index < -0.39 is 12.9 Å². The van der Waals surface area contributed by atoms with Crippen LogP contribution in [0.15, 0.2) is 18.2 Å². The van der Waals surface area contributed by atoms with E-state index in [4.69, 9.17) is 10.0 Å². The Kier molecular flexibility index (Phi) is 3.45. The molecule has 0 saturated carbocycles. The first-order valence-corrected chi connectivity index (χ1v) is 5.55. The molecule has 17 heavy (non-hydrogen) atoms. The molecule has 6 heteroatoms. The quantitative estimate of drug-likeness (QED) is 0.697. The van der Waals surface area contributed by atoms with Gasteiger partial charge in [0.2, 0.25) is 0 Å². The number of carbonyl (C=O) groups excluding carboxylic acids is 1. The molecule has 0 unspecified atom stereocenters. The minimum absolute atomic E-state index is 0.0995. The number of halogens is 1. The van der Waals surface area contributed by atoms with Crippen molar-refractivity contribution in [3.63, 3.8) is 0 Å². The fraction of sp³-hybridized carbons (Fsp3) is 0.364. The number of likely N-dealkylation sites (tertiary alicyclic amines) is 1. The molecule has 1 aromatic rings. The van der Waals surface area contributed by atoms with Gasteiger partial charge in [-0.2, -0.15) is 0 Å². The molecular weight excluding hydrogens is 224 g/mol. The Balaban J connectivity index is 2.31. The number of hydrogen-bond donors (Lipinski definition) is 2. The van der Waals surface area contributed by atoms with Crippen molar-refractivity contribution in [1.29, 1.82) is 0 Å². The van der Waals surface area contributed by atoms with Gasteiger partial charge < -0.3 is 14.9 Å². The summed E-state index contributed by atoms with van der Waals surface area (Å²) in [6.07, 6.45) is 1.85. The van der Waals surface area contributed by atoms with Gasteiger partial charge in [0.1, 0.15) is 5.82 Å². The fourth-order valence-electron chi connectivity index (χ4n) is 2.00. The minimum Gasteiger partial charge on any atom is -0.423 e. The summed E-state index contributed by atoms with van der Waals surface area (Å²) in [6, 6.07) is 4.06. The molecule has 0 spiro atoms. The molecule has 0 radical (unpaired) electrons. The van der Waals surface area contributed by atoms with Crippen molar-refractivity contribution in [1.82, 2.24) is 4.90 Å². The van der Waals surface area contributed by atoms with Crippen LogP contribution in [0, 0.1) is 5.82 Å². The van der Waals surface area contributed by atoms with Gasteiger partial charge in [-0.25, -0.2) is 4.39 Å². The highest BCUT2D eigenvalue weighted by Crippen LogP contribution is 2.14. The number of nitrogens with zero attached hydrogens (tertiary/aromatic N) is 1. The average Bonchev–Trinajstić information content (AvgIpc) is 2.81. The molecule has 2 N–H and O–H groups in total. The summed E-state index contributed by atoms with van der Waals surface area (Å²) < 4.78 is 13.9. The highest BCUT2D eigenvalue weighted by atomic mass is 19.1. The van der Waals surface area contributed by atoms with E-state index in [1.54, 1.807) is 4.90 Å². The molecule has 1 aromatic carbocycles. The molecule has 0 aliphatic carbocycles. The van der Waals surface area contributed by atoms with Gasteiger partial charge in [-0.3, -0.25) is 4.79 Å². The van der Waals surface area contributed by atoms with Crippen molar-refractivity contribution < 1.29 is 19.2 Å². The van der Waals surface area contributed by atoms with Crippen molar-refractivity contribution in [2.45, 2.75) is 12.8 Å². The lowest BCUT2D eigenvalue weighted by molar-refractivity contribution is 0.0788. The maximum absolute atomic E-state index is 13.9. The zero-order chi connectivity index (χ0) is 12.4. The molecule has 0 atom stereocenters. The van der Waals surface area contributed by atoms with Gasteiger partial charge in [-0.05, 0) is 18.9 Å². The van der Waals surface area contributed by atoms with Crippen LogP contribution < -0.4 is 5.46 Å². The Morgan fingerprint density at radius 3 is 2.53 bits per heavy atom. The standard InChI is InChI=1S/C11H13BFNO3/c13-10-8(4-3-5-9(10)12(16)17)11(15)14-6-1-2-7-14/h3-5,16-17H,1-2,6-7H2. The van der Waals surface area contributed by atoms with Gasteiger partial charge in [-0.15, -0.1) is 0 Å². The van der Waals surface area contributed by atoms with Crippen LogP contribution in [-0.2, 0) is 0 Å². The van der Waals surface area contributed by atoms with Gasteiger partial charge >= 0.3 is 7.12 Å². The van der Waals surface area contributed by atoms with Crippen LogP contribution in [0.4, 0.5) is 4.39 Å². The summed E-state index contributed by atoms with van der Waals surface area (Å²) in [4.78, 5) is 13.5. The summed E-state index contributed by atoms with van der Waals surface area (Å²) >= 11 is 0. The molecule has 1 fully saturated rings. The first kappa shape index (κ1) is 12.1. The minimum atomic E-state index is -1.90. The second-order valence-corrected chi connectivity index (χ2v) is 4.08. The second kappa shape index (κ2) is 4.85. The Hall–Kier alpha value is -1.40. The summed E-state index contributed by atoms with van der Waals surface area (Å²) in [5, 5.41) is 17.9. The molecule has 4 nitrogen and oxygen atoms in total. The van der Waals surface area contributed by atoms with Gasteiger partial charge in [0.15, 0.2) is 0 Å². The summed E-state index contributed by atoms with van der Waals surface area (Å²) in [5.74, 6) is -1.23. The van der Waals surface area contributed by atoms with Gasteiger partial charge in [-0.1, -0.05) is 12.1 Å². The van der Waals surface area contributed by atoms with Gasteiger partial charge in [0.25, 0.3) is 5.91 Å². The zero-order valence-electron chi connectivity index (χ0n) is 9.27. The molecule has 1 saturated heterocycles. The van der Waals surface area contributed by atoms with Crippen molar-refractivity contribution in [3.05, 3.63) is 29.6 Å². The van der Waals surface area contributed by atoms with Crippen LogP contribution >= 0.6 is 0 Å². The maximum Gasteiger partial charge on any atom is 0.491 e. The van der Waals surface area contributed by atoms with E-state index in [9.17, 15) is 9.18 Å². The van der Waals surface area contributed by atoms with Crippen molar-refractivity contribution in [3.8, 4) is 0 Å². The Morgan fingerprint density at radius 1 is 1.29 bits per heavy atom. The van der Waals surface area contributed by atoms with Crippen LogP contribution in [-0.4, -0.2) is 41.1 Å². The predicted octanol–water partition coefficient (Wildman–Crippen LogP) is -0.259. The second-order valence-electron chi connectivity index (χ2n) is 4.08. The largest absolute Gasteiger partial charge is 0.491 e. The summed E-state index contributed by atoms with van der Waals surface area (Å²) in [7, 11) is -1.90. The van der Waals surface area contributed by atoms with Crippen LogP contribution in [0.5, 0.6) is 0 Å². The molecule has 1 aliphatic rings. The van der Waals surface area contributed by atoms with E-state index in [0.29, 0.717) is 13.1 Å². The Bertz CT molecular complexity index is 433. The SMILES string of the molecule is O=C(c1cccc(B(O)O)c1F)N1CCCC1. The van der Waals surface area contributed by atoms with E-state index in [2.05, 4.69) is 0 Å². The van der Waals surface area contributed by atoms with E-state index in [0.717, 1.165) is 12.8 Å². The van der Waals surface area contributed by atoms with Crippen LogP contribution in [0.1, 0.15) is 23.2 Å². The number of rotatable bonds is 2. The van der Waals surface area contributed by atoms with Crippen molar-refractivity contribution in [2.24, 2.45) is 0 Å². The molecule has 0 bridgehead atoms. The first-order valence-electron chi connectivity index (χ1n) is 5.55. The number of carbonyl (C=O) groups is 1. The molecule has 1 amide bonds. The average molecular weight is 237 g/mol. The highest BCUT2D eigenvalue weighted by Gasteiger charge is 2.26. The van der Waals surface area contributed by atoms with Crippen molar-refractivity contribution in [2.75, 3.05) is 13.1 Å². The highest BCUT2D eigenvalue weighted by molar-refractivity contribution is 6.58. The molecule has 2 rings (SSSR count). The Morgan fingerprint density at radius 2 is 1.94 bits per heavy atom. The van der Waals surface area contributed by atoms with Crippen LogP contribution in [0.2, 0.25) is 0 Å². The molecule has 90 valence electrons. The van der Waals surface area contributed by atoms with Crippen LogP contribution in [0.25, 0.3) is 0 Å². The molecule has 0 aromatic heterocycles. The van der Waals surface area contributed by atoms with Gasteiger partial charge in [0, 0.05) is 18.6 Å². The van der Waals surface area contributed by atoms with E-state index in [1.807, 2.05) is 0 Å². The van der Waals surface area contributed by atoms with E-state index >= 15 is 0 Å². The third-order valence-corrected chi connectivity index (χ3v) is 2.93. The monoisotopic (exact) mass is 237 g/mol. The fourth-order valence-corrected chi connectivity index (χ4v) is 2.00. The molecular formula is C11H13BFNO3. The van der Waals surface area contributed by atoms with Gasteiger partial charge in [0.05, 0.1) is 5.56 Å². The maximum atomic E-state index is 13.9.